The Kier molecular flexibility index (Phi) is 6.18. The van der Waals surface area contributed by atoms with Crippen LogP contribution in [0.5, 0.6) is 0 Å². The third kappa shape index (κ3) is 4.40. The molecule has 2 atom stereocenters. The lowest BCUT2D eigenvalue weighted by molar-refractivity contribution is 0.0325. The molecule has 2 rings (SSSR count). The quantitative estimate of drug-likeness (QED) is 0.756. The first-order valence-electron chi connectivity index (χ1n) is 7.09. The minimum absolute atomic E-state index is 0.0173. The van der Waals surface area contributed by atoms with E-state index in [-0.39, 0.29) is 12.1 Å². The lowest BCUT2D eigenvalue weighted by Crippen LogP contribution is -2.29. The molecule has 20 heavy (non-hydrogen) atoms. The minimum Gasteiger partial charge on any atom is -0.372 e. The Hall–Kier alpha value is -1.23. The van der Waals surface area contributed by atoms with E-state index in [0.29, 0.717) is 0 Å². The summed E-state index contributed by atoms with van der Waals surface area (Å²) in [5, 5.41) is 4.20. The van der Waals surface area contributed by atoms with Gasteiger partial charge in [-0.15, -0.1) is 0 Å². The number of aromatic nitrogens is 1. The highest BCUT2D eigenvalue weighted by Gasteiger charge is 2.19. The van der Waals surface area contributed by atoms with Crippen LogP contribution in [0.15, 0.2) is 41.4 Å². The highest BCUT2D eigenvalue weighted by atomic mass is 32.1. The molecule has 2 N–H and O–H groups in total. The molecular weight excluding hydrogens is 268 g/mol. The van der Waals surface area contributed by atoms with Gasteiger partial charge in [0.15, 0.2) is 0 Å². The van der Waals surface area contributed by atoms with E-state index in [1.807, 2.05) is 24.5 Å². The van der Waals surface area contributed by atoms with Crippen molar-refractivity contribution < 1.29 is 4.74 Å². The van der Waals surface area contributed by atoms with E-state index in [9.17, 15) is 0 Å². The summed E-state index contributed by atoms with van der Waals surface area (Å²) in [6.45, 7) is 2.83. The van der Waals surface area contributed by atoms with E-state index in [0.717, 1.165) is 25.9 Å². The zero-order chi connectivity index (χ0) is 14.2. The van der Waals surface area contributed by atoms with Gasteiger partial charge in [-0.2, -0.15) is 11.3 Å². The molecule has 0 saturated heterocycles. The molecule has 2 unspecified atom stereocenters. The molecule has 0 radical (unpaired) electrons. The van der Waals surface area contributed by atoms with Crippen LogP contribution in [-0.2, 0) is 11.2 Å². The van der Waals surface area contributed by atoms with Gasteiger partial charge in [-0.1, -0.05) is 6.92 Å². The van der Waals surface area contributed by atoms with Crippen LogP contribution < -0.4 is 5.73 Å². The first-order valence-corrected chi connectivity index (χ1v) is 8.03. The van der Waals surface area contributed by atoms with Crippen molar-refractivity contribution >= 4 is 11.3 Å². The number of pyridine rings is 1. The van der Waals surface area contributed by atoms with Gasteiger partial charge in [0.1, 0.15) is 0 Å². The van der Waals surface area contributed by atoms with Gasteiger partial charge in [0.05, 0.1) is 6.10 Å². The van der Waals surface area contributed by atoms with Crippen LogP contribution in [0.25, 0.3) is 0 Å². The monoisotopic (exact) mass is 290 g/mol. The average molecular weight is 290 g/mol. The first kappa shape index (κ1) is 15.2. The highest BCUT2D eigenvalue weighted by molar-refractivity contribution is 7.07. The Labute approximate surface area is 124 Å². The van der Waals surface area contributed by atoms with E-state index in [2.05, 4.69) is 28.7 Å². The number of thiophene rings is 1. The summed E-state index contributed by atoms with van der Waals surface area (Å²) < 4.78 is 6.03. The molecular formula is C16H22N2OS. The number of nitrogens with zero attached hydrogens (tertiary/aromatic N) is 1. The van der Waals surface area contributed by atoms with Crippen LogP contribution in [0, 0.1) is 0 Å². The normalized spacial score (nSPS) is 14.1. The smallest absolute Gasteiger partial charge is 0.0983 e. The second kappa shape index (κ2) is 8.15. The molecule has 0 aliphatic carbocycles. The highest BCUT2D eigenvalue weighted by Crippen LogP contribution is 2.24. The fourth-order valence-electron chi connectivity index (χ4n) is 2.15. The molecule has 0 saturated carbocycles. The fraction of sp³-hybridized carbons (Fsp3) is 0.438. The summed E-state index contributed by atoms with van der Waals surface area (Å²) in [5.41, 5.74) is 8.68. The van der Waals surface area contributed by atoms with Gasteiger partial charge < -0.3 is 10.5 Å². The lowest BCUT2D eigenvalue weighted by Gasteiger charge is -2.22. The maximum Gasteiger partial charge on any atom is 0.0983 e. The predicted octanol–water partition coefficient (Wildman–Crippen LogP) is 3.57. The summed E-state index contributed by atoms with van der Waals surface area (Å²) in [4.78, 5) is 4.02. The molecule has 0 aliphatic heterocycles. The van der Waals surface area contributed by atoms with E-state index < -0.39 is 0 Å². The zero-order valence-corrected chi connectivity index (χ0v) is 12.7. The van der Waals surface area contributed by atoms with Crippen molar-refractivity contribution in [2.75, 3.05) is 6.61 Å². The second-order valence-corrected chi connectivity index (χ2v) is 5.66. The van der Waals surface area contributed by atoms with Crippen molar-refractivity contribution in [1.82, 2.24) is 4.98 Å². The van der Waals surface area contributed by atoms with Crippen LogP contribution >= 0.6 is 11.3 Å². The minimum atomic E-state index is 0.0173. The topological polar surface area (TPSA) is 48.1 Å². The van der Waals surface area contributed by atoms with E-state index in [1.54, 1.807) is 11.3 Å². The molecule has 0 aromatic carbocycles. The summed E-state index contributed by atoms with van der Waals surface area (Å²) in [6, 6.07) is 6.27. The molecule has 0 fully saturated rings. The third-order valence-electron chi connectivity index (χ3n) is 3.39. The molecule has 0 amide bonds. The second-order valence-electron chi connectivity index (χ2n) is 4.88. The summed E-state index contributed by atoms with van der Waals surface area (Å²) in [7, 11) is 0. The fourth-order valence-corrected chi connectivity index (χ4v) is 2.84. The Morgan fingerprint density at radius 3 is 2.75 bits per heavy atom. The number of aryl methyl sites for hydroxylation is 1. The van der Waals surface area contributed by atoms with E-state index in [1.165, 1.54) is 11.1 Å². The molecule has 2 heterocycles. The molecule has 2 aromatic heterocycles. The molecule has 0 bridgehead atoms. The molecule has 2 aromatic rings. The Balaban J connectivity index is 1.81. The summed E-state index contributed by atoms with van der Waals surface area (Å²) >= 11 is 1.69. The number of nitrogens with two attached hydrogens (primary N) is 1. The third-order valence-corrected chi connectivity index (χ3v) is 4.09. The Morgan fingerprint density at radius 1 is 1.30 bits per heavy atom. The maximum atomic E-state index is 6.17. The predicted molar refractivity (Wildman–Crippen MR) is 83.8 cm³/mol. The summed E-state index contributed by atoms with van der Waals surface area (Å²) in [6.07, 6.45) is 6.62. The first-order chi connectivity index (χ1) is 9.81. The van der Waals surface area contributed by atoms with Gasteiger partial charge in [0.2, 0.25) is 0 Å². The Morgan fingerprint density at radius 2 is 2.10 bits per heavy atom. The SMILES string of the molecule is CCC(N)C(OCCCc1ccncc1)c1ccsc1. The standard InChI is InChI=1S/C16H22N2OS/c1-2-15(17)16(14-7-11-20-12-14)19-10-3-4-13-5-8-18-9-6-13/h5-9,11-12,15-16H,2-4,10,17H2,1H3. The van der Waals surface area contributed by atoms with Crippen LogP contribution in [0.3, 0.4) is 0 Å². The molecule has 0 aliphatic rings. The molecule has 0 spiro atoms. The average Bonchev–Trinajstić information content (AvgIpc) is 3.01. The van der Waals surface area contributed by atoms with Gasteiger partial charge in [-0.3, -0.25) is 4.98 Å². The molecule has 108 valence electrons. The molecule has 4 heteroatoms. The van der Waals surface area contributed by atoms with Crippen molar-refractivity contribution in [3.05, 3.63) is 52.5 Å². The van der Waals surface area contributed by atoms with Crippen molar-refractivity contribution in [3.63, 3.8) is 0 Å². The van der Waals surface area contributed by atoms with Gasteiger partial charge >= 0.3 is 0 Å². The van der Waals surface area contributed by atoms with Crippen molar-refractivity contribution in [2.45, 2.75) is 38.3 Å². The van der Waals surface area contributed by atoms with Crippen LogP contribution in [-0.4, -0.2) is 17.6 Å². The van der Waals surface area contributed by atoms with E-state index in [4.69, 9.17) is 10.5 Å². The summed E-state index contributed by atoms with van der Waals surface area (Å²) in [5.74, 6) is 0. The van der Waals surface area contributed by atoms with Crippen molar-refractivity contribution in [2.24, 2.45) is 5.73 Å². The molecule has 3 nitrogen and oxygen atoms in total. The lowest BCUT2D eigenvalue weighted by atomic mass is 10.0. The van der Waals surface area contributed by atoms with E-state index >= 15 is 0 Å². The zero-order valence-electron chi connectivity index (χ0n) is 11.9. The van der Waals surface area contributed by atoms with Crippen molar-refractivity contribution in [1.29, 1.82) is 0 Å². The van der Waals surface area contributed by atoms with Gasteiger partial charge in [-0.05, 0) is 59.3 Å². The van der Waals surface area contributed by atoms with Crippen molar-refractivity contribution in [3.8, 4) is 0 Å². The van der Waals surface area contributed by atoms with Gasteiger partial charge in [0.25, 0.3) is 0 Å². The number of rotatable bonds is 8. The largest absolute Gasteiger partial charge is 0.372 e. The number of hydrogen-bond donors (Lipinski definition) is 1. The van der Waals surface area contributed by atoms with Gasteiger partial charge in [0, 0.05) is 25.0 Å². The van der Waals surface area contributed by atoms with Gasteiger partial charge in [-0.25, -0.2) is 0 Å². The van der Waals surface area contributed by atoms with Crippen LogP contribution in [0.1, 0.15) is 37.0 Å². The van der Waals surface area contributed by atoms with Crippen LogP contribution in [0.4, 0.5) is 0 Å². The number of hydrogen-bond acceptors (Lipinski definition) is 4. The van der Waals surface area contributed by atoms with Crippen LogP contribution in [0.2, 0.25) is 0 Å². The number of ether oxygens (including phenoxy) is 1. The maximum absolute atomic E-state index is 6.17. The Bertz CT molecular complexity index is 472.